The number of alkyl halides is 4. The van der Waals surface area contributed by atoms with Crippen molar-refractivity contribution in [1.82, 2.24) is 20.0 Å². The van der Waals surface area contributed by atoms with Crippen molar-refractivity contribution in [3.63, 3.8) is 0 Å². The van der Waals surface area contributed by atoms with E-state index in [0.29, 0.717) is 46.3 Å². The number of urea groups is 1. The second kappa shape index (κ2) is 24.3. The van der Waals surface area contributed by atoms with Crippen LogP contribution in [0.4, 0.5) is 34.0 Å². The number of carbonyl (C=O) groups excluding carboxylic acids is 4. The van der Waals surface area contributed by atoms with E-state index < -0.39 is 95.8 Å². The number of benzene rings is 2. The standard InChI is InChI=1S/C19H17Cl2NO4.C14H10F4N4O7S.C3H8NO5P/c1-2-26-19(25)16(21)10-11-9-12(7-8-15(11)20)22-17(23)13-5-3-4-6-14(13)18(22)24;15-11(16)28-8-5-9(29-12(17)18)20-13(19-8)21-14(25)22-30(26,27)7-4-2-1-3-6(7)10(23)24;5-3(6)1-4-2-10(7,8)9/h7-10H,2-6H2,1H3;1-5,11-12H,(H,23,24)(H2,19,20,21,22,25);4H,1-2H2,(H,5,6)(H2,7,8,9)/b16-10-;;. The lowest BCUT2D eigenvalue weighted by Gasteiger charge is -2.16. The van der Waals surface area contributed by atoms with Crippen LogP contribution < -0.4 is 29.7 Å². The highest BCUT2D eigenvalue weighted by Gasteiger charge is 2.39. The first-order chi connectivity index (χ1) is 30.8. The normalized spacial score (nSPS) is 13.8. The molecule has 2 aromatic carbocycles. The first-order valence-corrected chi connectivity index (χ1v) is 22.2. The topological polar surface area (TPSA) is 327 Å². The molecule has 0 fully saturated rings. The van der Waals surface area contributed by atoms with Crippen molar-refractivity contribution in [2.45, 2.75) is 50.7 Å². The van der Waals surface area contributed by atoms with Gasteiger partial charge in [0, 0.05) is 16.2 Å². The molecular weight excluding hydrogens is 982 g/mol. The van der Waals surface area contributed by atoms with Gasteiger partial charge in [0.05, 0.1) is 36.8 Å². The molecule has 7 N–H and O–H groups in total. The molecule has 4 amide bonds. The van der Waals surface area contributed by atoms with Crippen molar-refractivity contribution in [3.05, 3.63) is 80.9 Å². The van der Waals surface area contributed by atoms with Gasteiger partial charge in [-0.3, -0.25) is 29.6 Å². The van der Waals surface area contributed by atoms with E-state index in [1.54, 1.807) is 30.4 Å². The number of anilines is 2. The van der Waals surface area contributed by atoms with Crippen LogP contribution in [0.5, 0.6) is 11.8 Å². The van der Waals surface area contributed by atoms with Gasteiger partial charge in [0.1, 0.15) is 9.93 Å². The van der Waals surface area contributed by atoms with E-state index in [-0.39, 0.29) is 23.5 Å². The summed E-state index contributed by atoms with van der Waals surface area (Å²) in [6.07, 6.45) is 3.85. The Labute approximate surface area is 379 Å². The van der Waals surface area contributed by atoms with Crippen LogP contribution in [-0.4, -0.2) is 107 Å². The van der Waals surface area contributed by atoms with Gasteiger partial charge in [-0.25, -0.2) is 32.4 Å². The van der Waals surface area contributed by atoms with Crippen LogP contribution in [-0.2, 0) is 38.5 Å². The number of carboxylic acid groups (broad SMARTS) is 2. The number of carbonyl (C=O) groups is 6. The highest BCUT2D eigenvalue weighted by atomic mass is 35.5. The van der Waals surface area contributed by atoms with Gasteiger partial charge in [0.15, 0.2) is 0 Å². The number of hydrogen-bond donors (Lipinski definition) is 7. The highest BCUT2D eigenvalue weighted by molar-refractivity contribution is 7.90. The summed E-state index contributed by atoms with van der Waals surface area (Å²) in [6, 6.07) is 7.96. The predicted octanol–water partition coefficient (Wildman–Crippen LogP) is 4.91. The van der Waals surface area contributed by atoms with Gasteiger partial charge < -0.3 is 34.2 Å². The van der Waals surface area contributed by atoms with Gasteiger partial charge in [-0.2, -0.15) is 27.5 Å². The van der Waals surface area contributed by atoms with E-state index in [1.807, 2.05) is 0 Å². The molecule has 2 aliphatic rings. The zero-order valence-corrected chi connectivity index (χ0v) is 36.7. The van der Waals surface area contributed by atoms with Crippen LogP contribution in [0.1, 0.15) is 48.5 Å². The van der Waals surface area contributed by atoms with Crippen LogP contribution in [0.3, 0.4) is 0 Å². The molecule has 0 unspecified atom stereocenters. The fraction of sp³-hybridized carbons (Fsp3) is 0.278. The van der Waals surface area contributed by atoms with Gasteiger partial charge in [0.2, 0.25) is 17.7 Å². The van der Waals surface area contributed by atoms with E-state index in [9.17, 15) is 59.3 Å². The van der Waals surface area contributed by atoms with E-state index in [1.165, 1.54) is 27.8 Å². The molecule has 3 aromatic rings. The van der Waals surface area contributed by atoms with E-state index in [2.05, 4.69) is 24.8 Å². The summed E-state index contributed by atoms with van der Waals surface area (Å²) in [6.45, 7) is -5.38. The molecule has 1 aromatic heterocycles. The average molecular weight is 1020 g/mol. The number of halogens is 6. The Morgan fingerprint density at radius 2 is 1.48 bits per heavy atom. The molecule has 1 aliphatic heterocycles. The number of ether oxygens (including phenoxy) is 3. The number of nitrogens with zero attached hydrogens (tertiary/aromatic N) is 3. The molecule has 30 heteroatoms. The predicted molar refractivity (Wildman–Crippen MR) is 220 cm³/mol. The lowest BCUT2D eigenvalue weighted by molar-refractivity contribution is -0.138. The third-order valence-electron chi connectivity index (χ3n) is 7.93. The van der Waals surface area contributed by atoms with Gasteiger partial charge in [-0.1, -0.05) is 35.3 Å². The Hall–Kier alpha value is -6.22. The Kier molecular flexibility index (Phi) is 20.0. The second-order valence-electron chi connectivity index (χ2n) is 12.7. The second-order valence-corrected chi connectivity index (χ2v) is 16.8. The molecule has 1 aliphatic carbocycles. The van der Waals surface area contributed by atoms with Crippen LogP contribution in [0.15, 0.2) is 69.6 Å². The van der Waals surface area contributed by atoms with Gasteiger partial charge in [0.25, 0.3) is 21.8 Å². The summed E-state index contributed by atoms with van der Waals surface area (Å²) in [7, 11) is -8.81. The molecule has 0 saturated heterocycles. The molecule has 22 nitrogen and oxygen atoms in total. The smallest absolute Gasteiger partial charge is 0.388 e. The molecule has 5 rings (SSSR count). The number of nitrogens with one attached hydrogen (secondary N) is 3. The molecule has 0 saturated carbocycles. The number of amides is 4. The molecule has 0 radical (unpaired) electrons. The lowest BCUT2D eigenvalue weighted by atomic mass is 9.93. The number of aromatic nitrogens is 2. The summed E-state index contributed by atoms with van der Waals surface area (Å²) in [5.41, 5.74) is 1.40. The van der Waals surface area contributed by atoms with E-state index in [0.717, 1.165) is 25.0 Å². The van der Waals surface area contributed by atoms with Gasteiger partial charge in [-0.05, 0) is 74.6 Å². The fourth-order valence-electron chi connectivity index (χ4n) is 5.40. The van der Waals surface area contributed by atoms with Crippen LogP contribution in [0, 0.1) is 0 Å². The quantitative estimate of drug-likeness (QED) is 0.0329. The molecular formula is C36H35Cl2F4N6O16PS. The van der Waals surface area contributed by atoms with Crippen molar-refractivity contribution >= 4 is 94.3 Å². The summed E-state index contributed by atoms with van der Waals surface area (Å²) >= 11 is 12.1. The van der Waals surface area contributed by atoms with Crippen molar-refractivity contribution in [2.24, 2.45) is 0 Å². The third-order valence-corrected chi connectivity index (χ3v) is 10.6. The maximum absolute atomic E-state index is 12.7. The van der Waals surface area contributed by atoms with Gasteiger partial charge in [-0.15, -0.1) is 0 Å². The SMILES string of the molecule is CCOC(=O)/C(Cl)=C/c1cc(N2C(=O)C3=C(CCCC3)C2=O)ccc1Cl.O=C(Nc1nc(OC(F)F)cc(OC(F)F)n1)NS(=O)(=O)c1ccccc1C(=O)O.O=C(O)CNCP(=O)(O)O. The summed E-state index contributed by atoms with van der Waals surface area (Å²) in [4.78, 5) is 93.2. The minimum Gasteiger partial charge on any atom is -0.480 e. The lowest BCUT2D eigenvalue weighted by Crippen LogP contribution is -2.35. The molecule has 2 heterocycles. The number of sulfonamides is 1. The number of hydrogen-bond acceptors (Lipinski definition) is 15. The zero-order chi connectivity index (χ0) is 49.5. The summed E-state index contributed by atoms with van der Waals surface area (Å²) < 4.78 is 98.0. The Morgan fingerprint density at radius 1 is 0.924 bits per heavy atom. The van der Waals surface area contributed by atoms with Crippen LogP contribution in [0.25, 0.3) is 6.08 Å². The molecule has 0 spiro atoms. The molecule has 0 bridgehead atoms. The van der Waals surface area contributed by atoms with Crippen molar-refractivity contribution in [3.8, 4) is 11.8 Å². The number of rotatable bonds is 16. The minimum atomic E-state index is -4.71. The van der Waals surface area contributed by atoms with E-state index >= 15 is 0 Å². The van der Waals surface area contributed by atoms with Crippen LogP contribution >= 0.6 is 30.8 Å². The molecule has 358 valence electrons. The Bertz CT molecular complexity index is 2510. The number of aromatic carboxylic acids is 1. The Balaban J connectivity index is 0.000000293. The third kappa shape index (κ3) is 16.6. The maximum Gasteiger partial charge on any atom is 0.388 e. The van der Waals surface area contributed by atoms with Gasteiger partial charge >= 0.3 is 44.8 Å². The maximum atomic E-state index is 12.7. The number of esters is 1. The largest absolute Gasteiger partial charge is 0.480 e. The molecule has 66 heavy (non-hydrogen) atoms. The summed E-state index contributed by atoms with van der Waals surface area (Å²) in [5, 5.41) is 21.0. The summed E-state index contributed by atoms with van der Waals surface area (Å²) in [5.74, 6) is -6.82. The molecule has 0 atom stereocenters. The highest BCUT2D eigenvalue weighted by Crippen LogP contribution is 2.37. The average Bonchev–Trinajstić information content (AvgIpc) is 3.46. The minimum absolute atomic E-state index is 0.137. The first kappa shape index (κ1) is 54.1. The fourth-order valence-corrected chi connectivity index (χ4v) is 7.26. The number of imide groups is 1. The van der Waals surface area contributed by atoms with Crippen LogP contribution in [0.2, 0.25) is 5.02 Å². The Morgan fingerprint density at radius 3 is 1.98 bits per heavy atom. The first-order valence-electron chi connectivity index (χ1n) is 18.2. The number of carboxylic acids is 2. The van der Waals surface area contributed by atoms with Crippen molar-refractivity contribution < 1.29 is 93.5 Å². The van der Waals surface area contributed by atoms with Crippen molar-refractivity contribution in [1.29, 1.82) is 0 Å². The van der Waals surface area contributed by atoms with E-state index in [4.69, 9.17) is 47.9 Å². The zero-order valence-electron chi connectivity index (χ0n) is 33.5. The monoisotopic (exact) mass is 1020 g/mol. The van der Waals surface area contributed by atoms with Crippen molar-refractivity contribution in [2.75, 3.05) is 29.7 Å². The number of aliphatic carboxylic acids is 1.